The van der Waals surface area contributed by atoms with Gasteiger partial charge in [-0.2, -0.15) is 13.2 Å². The van der Waals surface area contributed by atoms with Crippen molar-refractivity contribution in [2.24, 2.45) is 5.84 Å². The molecule has 0 aliphatic carbocycles. The Morgan fingerprint density at radius 2 is 2.05 bits per heavy atom. The summed E-state index contributed by atoms with van der Waals surface area (Å²) in [7, 11) is 0. The lowest BCUT2D eigenvalue weighted by Crippen LogP contribution is -2.30. The molecule has 9 heteroatoms. The Bertz CT molecular complexity index is 427. The van der Waals surface area contributed by atoms with Gasteiger partial charge in [0.15, 0.2) is 0 Å². The highest BCUT2D eigenvalue weighted by atomic mass is 19.4. The lowest BCUT2D eigenvalue weighted by Gasteiger charge is -2.23. The maximum atomic E-state index is 12.7. The van der Waals surface area contributed by atoms with Crippen LogP contribution in [0.1, 0.15) is 25.6 Å². The number of hydrogen-bond acceptors (Lipinski definition) is 6. The molecule has 0 unspecified atom stereocenters. The van der Waals surface area contributed by atoms with Crippen LogP contribution < -0.4 is 16.2 Å². The Hall–Kier alpha value is -1.61. The molecule has 0 aliphatic heterocycles. The molecule has 0 saturated heterocycles. The molecule has 20 heavy (non-hydrogen) atoms. The van der Waals surface area contributed by atoms with Crippen molar-refractivity contribution in [2.75, 3.05) is 30.0 Å². The topological polar surface area (TPSA) is 87.3 Å². The van der Waals surface area contributed by atoms with Gasteiger partial charge in [0.25, 0.3) is 0 Å². The van der Waals surface area contributed by atoms with Crippen LogP contribution in [-0.2, 0) is 6.18 Å². The fourth-order valence-electron chi connectivity index (χ4n) is 1.61. The number of aliphatic hydroxyl groups is 1. The number of nitrogen functional groups attached to an aromatic ring is 1. The van der Waals surface area contributed by atoms with Crippen molar-refractivity contribution in [1.29, 1.82) is 0 Å². The van der Waals surface area contributed by atoms with E-state index in [-0.39, 0.29) is 24.8 Å². The minimum atomic E-state index is -4.66. The molecular formula is C11H18F3N5O. The summed E-state index contributed by atoms with van der Waals surface area (Å²) in [5.41, 5.74) is 2.09. The van der Waals surface area contributed by atoms with E-state index in [2.05, 4.69) is 15.4 Å². The van der Waals surface area contributed by atoms with Crippen LogP contribution >= 0.6 is 0 Å². The Balaban J connectivity index is 3.12. The molecule has 0 amide bonds. The zero-order valence-electron chi connectivity index (χ0n) is 11.1. The van der Waals surface area contributed by atoms with E-state index in [1.54, 1.807) is 4.90 Å². The fraction of sp³-hybridized carbons (Fsp3) is 0.636. The van der Waals surface area contributed by atoms with E-state index in [1.807, 2.05) is 6.92 Å². The number of aromatic nitrogens is 2. The standard InChI is InChI=1S/C11H18F3N5O/c1-2-3-4-19(5-6-20)9-7-8(18-15)16-10(17-9)11(12,13)14/h7,20H,2-6,15H2,1H3,(H,16,17,18). The van der Waals surface area contributed by atoms with Gasteiger partial charge in [-0.3, -0.25) is 0 Å². The summed E-state index contributed by atoms with van der Waals surface area (Å²) < 4.78 is 38.2. The number of alkyl halides is 3. The summed E-state index contributed by atoms with van der Waals surface area (Å²) >= 11 is 0. The first kappa shape index (κ1) is 16.4. The van der Waals surface area contributed by atoms with Crippen molar-refractivity contribution in [1.82, 2.24) is 9.97 Å². The molecule has 6 nitrogen and oxygen atoms in total. The summed E-state index contributed by atoms with van der Waals surface area (Å²) in [6.45, 7) is 2.47. The van der Waals surface area contributed by atoms with Crippen molar-refractivity contribution < 1.29 is 18.3 Å². The lowest BCUT2D eigenvalue weighted by atomic mass is 10.3. The number of aliphatic hydroxyl groups excluding tert-OH is 1. The van der Waals surface area contributed by atoms with Crippen LogP contribution in [0.5, 0.6) is 0 Å². The summed E-state index contributed by atoms with van der Waals surface area (Å²) in [5.74, 6) is 3.83. The number of hydrogen-bond donors (Lipinski definition) is 3. The van der Waals surface area contributed by atoms with Gasteiger partial charge in [0.2, 0.25) is 5.82 Å². The third-order valence-electron chi connectivity index (χ3n) is 2.59. The van der Waals surface area contributed by atoms with E-state index in [4.69, 9.17) is 10.9 Å². The Morgan fingerprint density at radius 1 is 1.35 bits per heavy atom. The van der Waals surface area contributed by atoms with E-state index in [0.29, 0.717) is 6.54 Å². The van der Waals surface area contributed by atoms with Crippen LogP contribution in [0.4, 0.5) is 24.8 Å². The summed E-state index contributed by atoms with van der Waals surface area (Å²) in [6.07, 6.45) is -3.00. The summed E-state index contributed by atoms with van der Waals surface area (Å²) in [6, 6.07) is 1.32. The molecule has 0 saturated carbocycles. The molecule has 0 spiro atoms. The van der Waals surface area contributed by atoms with Crippen molar-refractivity contribution in [3.63, 3.8) is 0 Å². The first-order valence-electron chi connectivity index (χ1n) is 6.21. The molecule has 0 aromatic carbocycles. The minimum absolute atomic E-state index is 0.0859. The molecular weight excluding hydrogens is 275 g/mol. The first-order chi connectivity index (χ1) is 9.42. The third-order valence-corrected chi connectivity index (χ3v) is 2.59. The maximum Gasteiger partial charge on any atom is 0.451 e. The zero-order chi connectivity index (χ0) is 15.2. The summed E-state index contributed by atoms with van der Waals surface area (Å²) in [4.78, 5) is 8.36. The molecule has 0 fully saturated rings. The molecule has 114 valence electrons. The number of hydrazine groups is 1. The highest BCUT2D eigenvalue weighted by Gasteiger charge is 2.35. The van der Waals surface area contributed by atoms with E-state index in [1.165, 1.54) is 6.07 Å². The predicted octanol–water partition coefficient (Wildman–Crippen LogP) is 1.38. The van der Waals surface area contributed by atoms with Crippen molar-refractivity contribution in [2.45, 2.75) is 25.9 Å². The number of rotatable bonds is 7. The van der Waals surface area contributed by atoms with E-state index in [9.17, 15) is 13.2 Å². The number of halogens is 3. The number of nitrogens with two attached hydrogens (primary N) is 1. The first-order valence-corrected chi connectivity index (χ1v) is 6.21. The Labute approximate surface area is 114 Å². The van der Waals surface area contributed by atoms with Gasteiger partial charge in [0.05, 0.1) is 6.61 Å². The molecule has 0 bridgehead atoms. The second-order valence-corrected chi connectivity index (χ2v) is 4.14. The molecule has 0 aliphatic rings. The highest BCUT2D eigenvalue weighted by molar-refractivity contribution is 5.49. The van der Waals surface area contributed by atoms with Crippen LogP contribution in [-0.4, -0.2) is 34.8 Å². The van der Waals surface area contributed by atoms with Gasteiger partial charge >= 0.3 is 6.18 Å². The van der Waals surface area contributed by atoms with Crippen LogP contribution in [0.15, 0.2) is 6.07 Å². The van der Waals surface area contributed by atoms with Gasteiger partial charge in [0.1, 0.15) is 11.6 Å². The van der Waals surface area contributed by atoms with Crippen molar-refractivity contribution >= 4 is 11.6 Å². The smallest absolute Gasteiger partial charge is 0.395 e. The van der Waals surface area contributed by atoms with Crippen LogP contribution in [0.3, 0.4) is 0 Å². The second-order valence-electron chi connectivity index (χ2n) is 4.14. The number of nitrogens with zero attached hydrogens (tertiary/aromatic N) is 3. The Kier molecular flexibility index (Phi) is 5.96. The SMILES string of the molecule is CCCCN(CCO)c1cc(NN)nc(C(F)(F)F)n1. The number of nitrogens with one attached hydrogen (secondary N) is 1. The quantitative estimate of drug-likeness (QED) is 0.520. The largest absolute Gasteiger partial charge is 0.451 e. The Morgan fingerprint density at radius 3 is 2.55 bits per heavy atom. The van der Waals surface area contributed by atoms with E-state index >= 15 is 0 Å². The fourth-order valence-corrected chi connectivity index (χ4v) is 1.61. The average Bonchev–Trinajstić information content (AvgIpc) is 2.42. The van der Waals surface area contributed by atoms with Crippen LogP contribution in [0.2, 0.25) is 0 Å². The molecule has 1 heterocycles. The minimum Gasteiger partial charge on any atom is -0.395 e. The molecule has 0 atom stereocenters. The van der Waals surface area contributed by atoms with Crippen molar-refractivity contribution in [3.05, 3.63) is 11.9 Å². The number of unbranched alkanes of at least 4 members (excludes halogenated alkanes) is 1. The van der Waals surface area contributed by atoms with Gasteiger partial charge in [-0.1, -0.05) is 13.3 Å². The molecule has 1 aromatic heterocycles. The molecule has 1 rings (SSSR count). The third kappa shape index (κ3) is 4.49. The van der Waals surface area contributed by atoms with Crippen molar-refractivity contribution in [3.8, 4) is 0 Å². The summed E-state index contributed by atoms with van der Waals surface area (Å²) in [5, 5.41) is 9.01. The monoisotopic (exact) mass is 293 g/mol. The van der Waals surface area contributed by atoms with E-state index < -0.39 is 12.0 Å². The van der Waals surface area contributed by atoms with E-state index in [0.717, 1.165) is 12.8 Å². The van der Waals surface area contributed by atoms with Gasteiger partial charge in [-0.25, -0.2) is 15.8 Å². The van der Waals surface area contributed by atoms with Crippen LogP contribution in [0, 0.1) is 0 Å². The van der Waals surface area contributed by atoms with Gasteiger partial charge in [-0.15, -0.1) is 0 Å². The van der Waals surface area contributed by atoms with Gasteiger partial charge in [-0.05, 0) is 6.42 Å². The average molecular weight is 293 g/mol. The van der Waals surface area contributed by atoms with Gasteiger partial charge in [0, 0.05) is 19.2 Å². The molecule has 1 aromatic rings. The molecule has 0 radical (unpaired) electrons. The lowest BCUT2D eigenvalue weighted by molar-refractivity contribution is -0.144. The van der Waals surface area contributed by atoms with Gasteiger partial charge < -0.3 is 15.4 Å². The normalized spacial score (nSPS) is 11.5. The number of anilines is 2. The second kappa shape index (κ2) is 7.25. The highest BCUT2D eigenvalue weighted by Crippen LogP contribution is 2.29. The molecule has 4 N–H and O–H groups in total. The predicted molar refractivity (Wildman–Crippen MR) is 69.1 cm³/mol. The zero-order valence-corrected chi connectivity index (χ0v) is 11.1. The van der Waals surface area contributed by atoms with Crippen LogP contribution in [0.25, 0.3) is 0 Å². The maximum absolute atomic E-state index is 12.7.